The van der Waals surface area contributed by atoms with Crippen LogP contribution < -0.4 is 5.32 Å². The number of carbonyl (C=O) groups excluding carboxylic acids is 1. The maximum Gasteiger partial charge on any atom is 0.357 e. The molecule has 0 radical (unpaired) electrons. The van der Waals surface area contributed by atoms with Gasteiger partial charge in [-0.2, -0.15) is 0 Å². The van der Waals surface area contributed by atoms with E-state index in [-0.39, 0.29) is 0 Å². The molecule has 0 aromatic heterocycles. The van der Waals surface area contributed by atoms with Gasteiger partial charge in [0.15, 0.2) is 0 Å². The van der Waals surface area contributed by atoms with E-state index < -0.39 is 23.5 Å². The molecule has 5 nitrogen and oxygen atoms in total. The molecule has 1 amide bonds. The van der Waals surface area contributed by atoms with Gasteiger partial charge in [-0.25, -0.2) is 4.79 Å². The fourth-order valence-corrected chi connectivity index (χ4v) is 2.13. The average Bonchev–Trinajstić information content (AvgIpc) is 2.52. The monoisotopic (exact) mass is 307 g/mol. The number of aryl methyl sites for hydroxylation is 1. The van der Waals surface area contributed by atoms with E-state index in [9.17, 15) is 19.8 Å². The van der Waals surface area contributed by atoms with Gasteiger partial charge < -0.3 is 15.5 Å². The molecule has 22 heavy (non-hydrogen) atoms. The Kier molecular flexibility index (Phi) is 6.56. The van der Waals surface area contributed by atoms with Crippen molar-refractivity contribution in [3.05, 3.63) is 35.4 Å². The first-order valence-electron chi connectivity index (χ1n) is 7.72. The van der Waals surface area contributed by atoms with E-state index in [1.54, 1.807) is 26.0 Å². The van der Waals surface area contributed by atoms with E-state index in [0.29, 0.717) is 12.0 Å². The van der Waals surface area contributed by atoms with Crippen molar-refractivity contribution in [2.75, 3.05) is 0 Å². The number of nitrogens with one attached hydrogen (secondary N) is 1. The van der Waals surface area contributed by atoms with Crippen molar-refractivity contribution in [1.82, 2.24) is 5.32 Å². The van der Waals surface area contributed by atoms with Crippen LogP contribution in [0, 0.1) is 5.92 Å². The van der Waals surface area contributed by atoms with Crippen LogP contribution in [0.5, 0.6) is 0 Å². The van der Waals surface area contributed by atoms with Crippen molar-refractivity contribution in [2.45, 2.75) is 52.2 Å². The highest BCUT2D eigenvalue weighted by Gasteiger charge is 2.42. The number of hydrogen-bond donors (Lipinski definition) is 3. The van der Waals surface area contributed by atoms with E-state index in [0.717, 1.165) is 24.8 Å². The largest absolute Gasteiger partial charge is 0.478 e. The summed E-state index contributed by atoms with van der Waals surface area (Å²) in [5, 5.41) is 21.7. The highest BCUT2D eigenvalue weighted by molar-refractivity contribution is 5.97. The number of rotatable bonds is 8. The summed E-state index contributed by atoms with van der Waals surface area (Å²) in [6.45, 7) is 5.46. The Hall–Kier alpha value is -1.88. The molecule has 0 spiro atoms. The Balaban J connectivity index is 2.84. The Morgan fingerprint density at radius 2 is 1.82 bits per heavy atom. The van der Waals surface area contributed by atoms with Crippen LogP contribution in [0.2, 0.25) is 0 Å². The van der Waals surface area contributed by atoms with Crippen molar-refractivity contribution in [2.24, 2.45) is 5.92 Å². The number of unbranched alkanes of at least 4 members (excludes halogenated alkanes) is 1. The lowest BCUT2D eigenvalue weighted by Gasteiger charge is -2.30. The van der Waals surface area contributed by atoms with Crippen LogP contribution in [-0.2, 0) is 11.2 Å². The summed E-state index contributed by atoms with van der Waals surface area (Å²) in [4.78, 5) is 23.5. The molecule has 3 N–H and O–H groups in total. The van der Waals surface area contributed by atoms with Crippen LogP contribution in [-0.4, -0.2) is 27.8 Å². The summed E-state index contributed by atoms with van der Waals surface area (Å²) in [6.07, 6.45) is 3.56. The van der Waals surface area contributed by atoms with Crippen LogP contribution in [0.3, 0.4) is 0 Å². The second kappa shape index (κ2) is 7.94. The number of carboxylic acid groups (broad SMARTS) is 1. The van der Waals surface area contributed by atoms with Gasteiger partial charge in [-0.05, 0) is 37.0 Å². The molecule has 0 aliphatic rings. The van der Waals surface area contributed by atoms with Gasteiger partial charge in [-0.1, -0.05) is 39.3 Å². The van der Waals surface area contributed by atoms with Crippen molar-refractivity contribution in [3.63, 3.8) is 0 Å². The lowest BCUT2D eigenvalue weighted by atomic mass is 9.94. The molecule has 122 valence electrons. The summed E-state index contributed by atoms with van der Waals surface area (Å²) < 4.78 is 0. The first-order valence-corrected chi connectivity index (χ1v) is 7.72. The molecule has 5 heteroatoms. The molecule has 1 aromatic carbocycles. The van der Waals surface area contributed by atoms with Gasteiger partial charge in [-0.3, -0.25) is 4.79 Å². The molecule has 0 bridgehead atoms. The van der Waals surface area contributed by atoms with Crippen LogP contribution in [0.4, 0.5) is 0 Å². The minimum Gasteiger partial charge on any atom is -0.478 e. The number of carboxylic acids is 1. The molecular weight excluding hydrogens is 282 g/mol. The molecule has 0 saturated heterocycles. The first kappa shape index (κ1) is 18.2. The zero-order valence-electron chi connectivity index (χ0n) is 13.4. The second-order valence-electron chi connectivity index (χ2n) is 5.64. The zero-order valence-corrected chi connectivity index (χ0v) is 13.4. The molecular formula is C17H25NO4. The van der Waals surface area contributed by atoms with E-state index >= 15 is 0 Å². The summed E-state index contributed by atoms with van der Waals surface area (Å²) in [6, 6.07) is 7.01. The summed E-state index contributed by atoms with van der Waals surface area (Å²) >= 11 is 0. The SMILES string of the molecule is CCCCc1ccc(C(=O)NC(O)(C(=O)O)C(C)CC)cc1. The number of benzene rings is 1. The molecule has 0 aliphatic carbocycles. The Morgan fingerprint density at radius 3 is 2.27 bits per heavy atom. The highest BCUT2D eigenvalue weighted by Crippen LogP contribution is 2.19. The number of aliphatic carboxylic acids is 1. The van der Waals surface area contributed by atoms with E-state index in [2.05, 4.69) is 12.2 Å². The predicted octanol–water partition coefficient (Wildman–Crippen LogP) is 2.58. The number of carbonyl (C=O) groups is 2. The fourth-order valence-electron chi connectivity index (χ4n) is 2.13. The zero-order chi connectivity index (χ0) is 16.8. The van der Waals surface area contributed by atoms with Crippen molar-refractivity contribution in [3.8, 4) is 0 Å². The van der Waals surface area contributed by atoms with Gasteiger partial charge in [0.05, 0.1) is 0 Å². The Bertz CT molecular complexity index is 512. The molecule has 1 rings (SSSR count). The smallest absolute Gasteiger partial charge is 0.357 e. The lowest BCUT2D eigenvalue weighted by molar-refractivity contribution is -0.167. The molecule has 2 unspecified atom stereocenters. The number of amides is 1. The molecule has 0 aliphatic heterocycles. The maximum absolute atomic E-state index is 12.2. The maximum atomic E-state index is 12.2. The van der Waals surface area contributed by atoms with Gasteiger partial charge in [0.1, 0.15) is 0 Å². The topological polar surface area (TPSA) is 86.6 Å². The minimum absolute atomic E-state index is 0.336. The molecule has 1 aromatic rings. The average molecular weight is 307 g/mol. The van der Waals surface area contributed by atoms with Crippen LogP contribution in [0.15, 0.2) is 24.3 Å². The van der Waals surface area contributed by atoms with Crippen LogP contribution >= 0.6 is 0 Å². The number of aliphatic hydroxyl groups is 1. The third-order valence-electron chi connectivity index (χ3n) is 3.99. The van der Waals surface area contributed by atoms with Gasteiger partial charge in [-0.15, -0.1) is 0 Å². The summed E-state index contributed by atoms with van der Waals surface area (Å²) in [5.74, 6) is -2.64. The molecule has 0 saturated carbocycles. The van der Waals surface area contributed by atoms with E-state index in [1.165, 1.54) is 0 Å². The normalized spacial score (nSPS) is 14.9. The van der Waals surface area contributed by atoms with Crippen molar-refractivity contribution >= 4 is 11.9 Å². The highest BCUT2D eigenvalue weighted by atomic mass is 16.4. The predicted molar refractivity (Wildman–Crippen MR) is 84.6 cm³/mol. The van der Waals surface area contributed by atoms with Crippen LogP contribution in [0.1, 0.15) is 56.0 Å². The van der Waals surface area contributed by atoms with Gasteiger partial charge >= 0.3 is 5.97 Å². The molecule has 0 fully saturated rings. The standard InChI is InChI=1S/C17H25NO4/c1-4-6-7-13-8-10-14(11-9-13)15(19)18-17(22,16(20)21)12(3)5-2/h8-12,22H,4-7H2,1-3H3,(H,18,19)(H,20,21). The van der Waals surface area contributed by atoms with Gasteiger partial charge in [0.25, 0.3) is 5.91 Å². The quantitative estimate of drug-likeness (QED) is 0.644. The fraction of sp³-hybridized carbons (Fsp3) is 0.529. The van der Waals surface area contributed by atoms with Gasteiger partial charge in [0, 0.05) is 11.5 Å². The number of hydrogen-bond acceptors (Lipinski definition) is 3. The van der Waals surface area contributed by atoms with Crippen LogP contribution in [0.25, 0.3) is 0 Å². The van der Waals surface area contributed by atoms with E-state index in [4.69, 9.17) is 0 Å². The summed E-state index contributed by atoms with van der Waals surface area (Å²) in [5.41, 5.74) is -0.788. The lowest BCUT2D eigenvalue weighted by Crippen LogP contribution is -2.58. The van der Waals surface area contributed by atoms with Crippen molar-refractivity contribution < 1.29 is 19.8 Å². The minimum atomic E-state index is -2.26. The molecule has 0 heterocycles. The Morgan fingerprint density at radius 1 is 1.23 bits per heavy atom. The second-order valence-corrected chi connectivity index (χ2v) is 5.64. The Labute approximate surface area is 131 Å². The van der Waals surface area contributed by atoms with E-state index in [1.807, 2.05) is 12.1 Å². The van der Waals surface area contributed by atoms with Crippen molar-refractivity contribution in [1.29, 1.82) is 0 Å². The third kappa shape index (κ3) is 4.31. The first-order chi connectivity index (χ1) is 10.3. The third-order valence-corrected chi connectivity index (χ3v) is 3.99. The summed E-state index contributed by atoms with van der Waals surface area (Å²) in [7, 11) is 0. The van der Waals surface area contributed by atoms with Gasteiger partial charge in [0.2, 0.25) is 5.72 Å². The molecule has 2 atom stereocenters.